The number of nitrogens with one attached hydrogen (secondary N) is 1. The molecule has 0 unspecified atom stereocenters. The molecule has 0 bridgehead atoms. The summed E-state index contributed by atoms with van der Waals surface area (Å²) in [6, 6.07) is 13.9. The Morgan fingerprint density at radius 1 is 1.00 bits per heavy atom. The van der Waals surface area contributed by atoms with Crippen LogP contribution >= 0.6 is 0 Å². The van der Waals surface area contributed by atoms with Gasteiger partial charge in [0.25, 0.3) is 5.91 Å². The lowest BCUT2D eigenvalue weighted by molar-refractivity contribution is 0.0947. The van der Waals surface area contributed by atoms with Gasteiger partial charge in [-0.2, -0.15) is 0 Å². The third-order valence-electron chi connectivity index (χ3n) is 4.99. The topological polar surface area (TPSA) is 41.6 Å². The molecule has 1 aliphatic rings. The normalized spacial score (nSPS) is 14.2. The van der Waals surface area contributed by atoms with Crippen molar-refractivity contribution in [2.24, 2.45) is 0 Å². The van der Waals surface area contributed by atoms with Crippen LogP contribution in [0.1, 0.15) is 40.7 Å². The van der Waals surface area contributed by atoms with E-state index < -0.39 is 0 Å². The van der Waals surface area contributed by atoms with E-state index >= 15 is 0 Å². The number of carbonyl (C=O) groups excluding carboxylic acids is 1. The summed E-state index contributed by atoms with van der Waals surface area (Å²) >= 11 is 0. The Bertz CT molecular complexity index is 734. The smallest absolute Gasteiger partial charge is 0.251 e. The molecule has 2 aromatic rings. The highest BCUT2D eigenvalue weighted by Gasteiger charge is 2.12. The first-order chi connectivity index (χ1) is 12.6. The standard InChI is InChI=1S/C22H28N2O2/c1-17-6-11-21(16-18(17)2)26-15-12-23-22(25)19-7-9-20(10-8-19)24-13-4-3-5-14-24/h6-11,16H,3-5,12-15H2,1-2H3,(H,23,25). The molecule has 1 heterocycles. The molecule has 2 aromatic carbocycles. The van der Waals surface area contributed by atoms with E-state index in [0.29, 0.717) is 18.7 Å². The Morgan fingerprint density at radius 2 is 1.73 bits per heavy atom. The number of hydrogen-bond acceptors (Lipinski definition) is 3. The van der Waals surface area contributed by atoms with Crippen LogP contribution in [0.25, 0.3) is 0 Å². The van der Waals surface area contributed by atoms with E-state index in [9.17, 15) is 4.79 Å². The molecule has 4 nitrogen and oxygen atoms in total. The number of anilines is 1. The van der Waals surface area contributed by atoms with Crippen molar-refractivity contribution < 1.29 is 9.53 Å². The monoisotopic (exact) mass is 352 g/mol. The lowest BCUT2D eigenvalue weighted by atomic mass is 10.1. The number of piperidine rings is 1. The SMILES string of the molecule is Cc1ccc(OCCNC(=O)c2ccc(N3CCCCC3)cc2)cc1C. The first-order valence-corrected chi connectivity index (χ1v) is 9.47. The van der Waals surface area contributed by atoms with E-state index in [1.807, 2.05) is 42.5 Å². The number of hydrogen-bond donors (Lipinski definition) is 1. The fraction of sp³-hybridized carbons (Fsp3) is 0.409. The van der Waals surface area contributed by atoms with Gasteiger partial charge in [0.15, 0.2) is 0 Å². The van der Waals surface area contributed by atoms with Crippen LogP contribution in [0.2, 0.25) is 0 Å². The molecule has 0 aromatic heterocycles. The van der Waals surface area contributed by atoms with E-state index in [1.54, 1.807) is 0 Å². The molecule has 1 fully saturated rings. The van der Waals surface area contributed by atoms with Gasteiger partial charge < -0.3 is 15.0 Å². The fourth-order valence-corrected chi connectivity index (χ4v) is 3.21. The third-order valence-corrected chi connectivity index (χ3v) is 4.99. The Morgan fingerprint density at radius 3 is 2.42 bits per heavy atom. The highest BCUT2D eigenvalue weighted by Crippen LogP contribution is 2.20. The summed E-state index contributed by atoms with van der Waals surface area (Å²) in [6.07, 6.45) is 3.83. The maximum Gasteiger partial charge on any atom is 0.251 e. The second kappa shape index (κ2) is 8.75. The summed E-state index contributed by atoms with van der Waals surface area (Å²) < 4.78 is 5.71. The zero-order valence-corrected chi connectivity index (χ0v) is 15.8. The fourth-order valence-electron chi connectivity index (χ4n) is 3.21. The van der Waals surface area contributed by atoms with Gasteiger partial charge in [-0.25, -0.2) is 0 Å². The van der Waals surface area contributed by atoms with Crippen LogP contribution in [0.5, 0.6) is 5.75 Å². The molecular weight excluding hydrogens is 324 g/mol. The van der Waals surface area contributed by atoms with Crippen molar-refractivity contribution in [2.45, 2.75) is 33.1 Å². The van der Waals surface area contributed by atoms with Crippen LogP contribution in [-0.4, -0.2) is 32.1 Å². The highest BCUT2D eigenvalue weighted by molar-refractivity contribution is 5.94. The van der Waals surface area contributed by atoms with Crippen molar-refractivity contribution in [1.29, 1.82) is 0 Å². The molecular formula is C22H28N2O2. The molecule has 1 aliphatic heterocycles. The first-order valence-electron chi connectivity index (χ1n) is 9.47. The third kappa shape index (κ3) is 4.78. The quantitative estimate of drug-likeness (QED) is 0.796. The van der Waals surface area contributed by atoms with Gasteiger partial charge in [-0.3, -0.25) is 4.79 Å². The molecule has 138 valence electrons. The summed E-state index contributed by atoms with van der Waals surface area (Å²) in [5.41, 5.74) is 4.36. The predicted molar refractivity (Wildman–Crippen MR) is 106 cm³/mol. The zero-order chi connectivity index (χ0) is 18.4. The van der Waals surface area contributed by atoms with Gasteiger partial charge >= 0.3 is 0 Å². The number of ether oxygens (including phenoxy) is 1. The zero-order valence-electron chi connectivity index (χ0n) is 15.8. The van der Waals surface area contributed by atoms with Crippen LogP contribution in [0, 0.1) is 13.8 Å². The summed E-state index contributed by atoms with van der Waals surface area (Å²) in [7, 11) is 0. The average Bonchev–Trinajstić information content (AvgIpc) is 2.68. The summed E-state index contributed by atoms with van der Waals surface area (Å²) in [4.78, 5) is 14.7. The molecule has 0 aliphatic carbocycles. The molecule has 0 spiro atoms. The largest absolute Gasteiger partial charge is 0.492 e. The minimum Gasteiger partial charge on any atom is -0.492 e. The number of benzene rings is 2. The van der Waals surface area contributed by atoms with Gasteiger partial charge in [0.2, 0.25) is 0 Å². The van der Waals surface area contributed by atoms with E-state index in [0.717, 1.165) is 18.8 Å². The minimum absolute atomic E-state index is 0.0566. The molecule has 3 rings (SSSR count). The number of aryl methyl sites for hydroxylation is 2. The van der Waals surface area contributed by atoms with Gasteiger partial charge in [-0.15, -0.1) is 0 Å². The maximum atomic E-state index is 12.3. The van der Waals surface area contributed by atoms with Crippen molar-refractivity contribution in [2.75, 3.05) is 31.1 Å². The van der Waals surface area contributed by atoms with E-state index in [1.165, 1.54) is 36.1 Å². The van der Waals surface area contributed by atoms with E-state index in [4.69, 9.17) is 4.74 Å². The highest BCUT2D eigenvalue weighted by atomic mass is 16.5. The van der Waals surface area contributed by atoms with Crippen molar-refractivity contribution in [1.82, 2.24) is 5.32 Å². The molecule has 1 amide bonds. The molecule has 1 N–H and O–H groups in total. The summed E-state index contributed by atoms with van der Waals surface area (Å²) in [5, 5.41) is 2.92. The van der Waals surface area contributed by atoms with Crippen LogP contribution in [-0.2, 0) is 0 Å². The van der Waals surface area contributed by atoms with Gasteiger partial charge in [-0.05, 0) is 80.6 Å². The van der Waals surface area contributed by atoms with Crippen molar-refractivity contribution in [3.8, 4) is 5.75 Å². The van der Waals surface area contributed by atoms with Crippen molar-refractivity contribution >= 4 is 11.6 Å². The average molecular weight is 352 g/mol. The number of amides is 1. The minimum atomic E-state index is -0.0566. The Balaban J connectivity index is 1.45. The molecule has 1 saturated heterocycles. The predicted octanol–water partition coefficient (Wildman–Crippen LogP) is 4.10. The molecule has 0 radical (unpaired) electrons. The molecule has 0 atom stereocenters. The lowest BCUT2D eigenvalue weighted by Crippen LogP contribution is -2.30. The van der Waals surface area contributed by atoms with Crippen LogP contribution in [0.15, 0.2) is 42.5 Å². The number of rotatable bonds is 6. The lowest BCUT2D eigenvalue weighted by Gasteiger charge is -2.28. The Labute approximate surface area is 156 Å². The van der Waals surface area contributed by atoms with Gasteiger partial charge in [0.1, 0.15) is 12.4 Å². The summed E-state index contributed by atoms with van der Waals surface area (Å²) in [5.74, 6) is 0.784. The molecule has 26 heavy (non-hydrogen) atoms. The molecule has 0 saturated carbocycles. The second-order valence-electron chi connectivity index (χ2n) is 6.95. The van der Waals surface area contributed by atoms with E-state index in [2.05, 4.69) is 24.1 Å². The van der Waals surface area contributed by atoms with Gasteiger partial charge in [-0.1, -0.05) is 6.07 Å². The van der Waals surface area contributed by atoms with Crippen LogP contribution in [0.4, 0.5) is 5.69 Å². The van der Waals surface area contributed by atoms with Crippen LogP contribution < -0.4 is 15.0 Å². The number of carbonyl (C=O) groups is 1. The van der Waals surface area contributed by atoms with E-state index in [-0.39, 0.29) is 5.91 Å². The second-order valence-corrected chi connectivity index (χ2v) is 6.95. The Hall–Kier alpha value is -2.49. The molecule has 4 heteroatoms. The van der Waals surface area contributed by atoms with Crippen molar-refractivity contribution in [3.05, 3.63) is 59.2 Å². The van der Waals surface area contributed by atoms with Gasteiger partial charge in [0.05, 0.1) is 6.54 Å². The van der Waals surface area contributed by atoms with Crippen molar-refractivity contribution in [3.63, 3.8) is 0 Å². The summed E-state index contributed by atoms with van der Waals surface area (Å²) in [6.45, 7) is 7.32. The number of nitrogens with zero attached hydrogens (tertiary/aromatic N) is 1. The van der Waals surface area contributed by atoms with Crippen LogP contribution in [0.3, 0.4) is 0 Å². The first kappa shape index (κ1) is 18.3. The maximum absolute atomic E-state index is 12.3. The van der Waals surface area contributed by atoms with Gasteiger partial charge in [0, 0.05) is 24.3 Å². The Kier molecular flexibility index (Phi) is 6.16.